The van der Waals surface area contributed by atoms with Crippen LogP contribution in [0.25, 0.3) is 0 Å². The third-order valence-electron chi connectivity index (χ3n) is 2.39. The number of rotatable bonds is 4. The Hall–Kier alpha value is -0.210. The summed E-state index contributed by atoms with van der Waals surface area (Å²) < 4.78 is 27.4. The van der Waals surface area contributed by atoms with Crippen LogP contribution in [0, 0.1) is 6.92 Å². The molecule has 2 aromatic rings. The lowest BCUT2D eigenvalue weighted by atomic mass is 10.5. The van der Waals surface area contributed by atoms with Crippen LogP contribution in [0.5, 0.6) is 0 Å². The molecule has 3 nitrogen and oxygen atoms in total. The van der Waals surface area contributed by atoms with E-state index in [1.807, 2.05) is 25.1 Å². The predicted molar refractivity (Wildman–Crippen MR) is 79.7 cm³/mol. The van der Waals surface area contributed by atoms with E-state index in [1.165, 1.54) is 15.6 Å². The van der Waals surface area contributed by atoms with Crippen LogP contribution in [-0.2, 0) is 16.6 Å². The van der Waals surface area contributed by atoms with Gasteiger partial charge in [-0.2, -0.15) is 4.31 Å². The van der Waals surface area contributed by atoms with Gasteiger partial charge in [0.2, 0.25) is 0 Å². The first kappa shape index (κ1) is 14.2. The Morgan fingerprint density at radius 3 is 2.44 bits per heavy atom. The van der Waals surface area contributed by atoms with Crippen LogP contribution in [0.2, 0.25) is 0 Å². The van der Waals surface area contributed by atoms with Gasteiger partial charge >= 0.3 is 0 Å². The first-order valence-electron chi connectivity index (χ1n) is 5.16. The standard InChI is InChI=1S/C11H12BrNO2S3/c1-8-3-6-11(16-8)18(14,15)13(2)7-9-4-5-10(12)17-9/h3-6H,7H2,1-2H3. The minimum absolute atomic E-state index is 0.398. The van der Waals surface area contributed by atoms with Crippen molar-refractivity contribution in [3.8, 4) is 0 Å². The first-order chi connectivity index (χ1) is 8.39. The monoisotopic (exact) mass is 365 g/mol. The van der Waals surface area contributed by atoms with Gasteiger partial charge in [0.05, 0.1) is 3.79 Å². The Morgan fingerprint density at radius 1 is 1.22 bits per heavy atom. The van der Waals surface area contributed by atoms with Gasteiger partial charge in [0.25, 0.3) is 10.0 Å². The van der Waals surface area contributed by atoms with Gasteiger partial charge < -0.3 is 0 Å². The third kappa shape index (κ3) is 3.03. The Balaban J connectivity index is 2.20. The normalized spacial score (nSPS) is 12.2. The van der Waals surface area contributed by atoms with Crippen LogP contribution < -0.4 is 0 Å². The van der Waals surface area contributed by atoms with Gasteiger partial charge in [-0.3, -0.25) is 0 Å². The van der Waals surface area contributed by atoms with Crippen molar-refractivity contribution in [2.75, 3.05) is 7.05 Å². The highest BCUT2D eigenvalue weighted by Gasteiger charge is 2.22. The highest BCUT2D eigenvalue weighted by molar-refractivity contribution is 9.11. The SMILES string of the molecule is Cc1ccc(S(=O)(=O)N(C)Cc2ccc(Br)s2)s1. The van der Waals surface area contributed by atoms with Gasteiger partial charge in [-0.1, -0.05) is 0 Å². The van der Waals surface area contributed by atoms with Crippen LogP contribution in [0.3, 0.4) is 0 Å². The maximum absolute atomic E-state index is 12.3. The molecule has 2 heterocycles. The average molecular weight is 366 g/mol. The lowest BCUT2D eigenvalue weighted by Gasteiger charge is -2.14. The van der Waals surface area contributed by atoms with Crippen molar-refractivity contribution < 1.29 is 8.42 Å². The molecule has 0 saturated carbocycles. The number of aryl methyl sites for hydroxylation is 1. The molecule has 0 N–H and O–H groups in total. The molecule has 7 heteroatoms. The smallest absolute Gasteiger partial charge is 0.206 e. The van der Waals surface area contributed by atoms with E-state index in [4.69, 9.17) is 0 Å². The molecule has 0 unspecified atom stereocenters. The molecule has 0 aliphatic carbocycles. The van der Waals surface area contributed by atoms with E-state index < -0.39 is 10.0 Å². The number of sulfonamides is 1. The van der Waals surface area contributed by atoms with Crippen LogP contribution in [0.1, 0.15) is 9.75 Å². The molecule has 98 valence electrons. The van der Waals surface area contributed by atoms with Crippen molar-refractivity contribution in [3.63, 3.8) is 0 Å². The fourth-order valence-electron chi connectivity index (χ4n) is 1.45. The lowest BCUT2D eigenvalue weighted by molar-refractivity contribution is 0.471. The maximum atomic E-state index is 12.3. The molecule has 0 fully saturated rings. The molecule has 18 heavy (non-hydrogen) atoms. The summed E-state index contributed by atoms with van der Waals surface area (Å²) in [6.45, 7) is 2.30. The molecule has 0 aliphatic rings. The molecule has 0 aliphatic heterocycles. The Morgan fingerprint density at radius 2 is 1.94 bits per heavy atom. The predicted octanol–water partition coefficient (Wildman–Crippen LogP) is 3.70. The topological polar surface area (TPSA) is 37.4 Å². The van der Waals surface area contributed by atoms with Crippen LogP contribution >= 0.6 is 38.6 Å². The van der Waals surface area contributed by atoms with Gasteiger partial charge in [-0.25, -0.2) is 8.42 Å². The third-order valence-corrected chi connectivity index (χ3v) is 7.27. The van der Waals surface area contributed by atoms with Gasteiger partial charge in [-0.15, -0.1) is 22.7 Å². The second-order valence-electron chi connectivity index (χ2n) is 3.83. The van der Waals surface area contributed by atoms with Crippen molar-refractivity contribution >= 4 is 48.6 Å². The molecule has 2 rings (SSSR count). The number of halogens is 1. The number of thiophene rings is 2. The van der Waals surface area contributed by atoms with E-state index in [-0.39, 0.29) is 0 Å². The minimum Gasteiger partial charge on any atom is -0.206 e. The summed E-state index contributed by atoms with van der Waals surface area (Å²) in [5.74, 6) is 0. The largest absolute Gasteiger partial charge is 0.252 e. The zero-order valence-corrected chi connectivity index (χ0v) is 13.9. The second kappa shape index (κ2) is 5.42. The highest BCUT2D eigenvalue weighted by atomic mass is 79.9. The second-order valence-corrected chi connectivity index (χ2v) is 9.94. The van der Waals surface area contributed by atoms with E-state index in [0.29, 0.717) is 10.8 Å². The Labute approximate surface area is 123 Å². The molecule has 0 spiro atoms. The van der Waals surface area contributed by atoms with E-state index in [9.17, 15) is 8.42 Å². The summed E-state index contributed by atoms with van der Waals surface area (Å²) in [5.41, 5.74) is 0. The molecule has 2 aromatic heterocycles. The molecule has 0 aromatic carbocycles. The van der Waals surface area contributed by atoms with Gasteiger partial charge in [0.15, 0.2) is 0 Å². The van der Waals surface area contributed by atoms with E-state index in [1.54, 1.807) is 24.5 Å². The molecule has 0 atom stereocenters. The molecule has 0 radical (unpaired) electrons. The summed E-state index contributed by atoms with van der Waals surface area (Å²) in [6.07, 6.45) is 0. The zero-order valence-electron chi connectivity index (χ0n) is 9.88. The highest BCUT2D eigenvalue weighted by Crippen LogP contribution is 2.27. The van der Waals surface area contributed by atoms with Gasteiger partial charge in [0, 0.05) is 23.3 Å². The van der Waals surface area contributed by atoms with Crippen LogP contribution in [0.4, 0.5) is 0 Å². The summed E-state index contributed by atoms with van der Waals surface area (Å²) in [5, 5.41) is 0. The van der Waals surface area contributed by atoms with Crippen molar-refractivity contribution in [3.05, 3.63) is 37.8 Å². The lowest BCUT2D eigenvalue weighted by Crippen LogP contribution is -2.25. The maximum Gasteiger partial charge on any atom is 0.252 e. The first-order valence-corrected chi connectivity index (χ1v) is 9.03. The fourth-order valence-corrected chi connectivity index (χ4v) is 5.71. The van der Waals surface area contributed by atoms with E-state index in [0.717, 1.165) is 13.5 Å². The molecule has 0 saturated heterocycles. The van der Waals surface area contributed by atoms with Crippen molar-refractivity contribution in [2.24, 2.45) is 0 Å². The number of nitrogens with zero attached hydrogens (tertiary/aromatic N) is 1. The average Bonchev–Trinajstić information content (AvgIpc) is 2.88. The van der Waals surface area contributed by atoms with Crippen molar-refractivity contribution in [2.45, 2.75) is 17.7 Å². The van der Waals surface area contributed by atoms with E-state index >= 15 is 0 Å². The summed E-state index contributed by atoms with van der Waals surface area (Å²) in [6, 6.07) is 7.35. The minimum atomic E-state index is -3.36. The molecular weight excluding hydrogens is 354 g/mol. The summed E-state index contributed by atoms with van der Waals surface area (Å²) >= 11 is 6.22. The molecular formula is C11H12BrNO2S3. The zero-order chi connectivity index (χ0) is 13.3. The number of hydrogen-bond donors (Lipinski definition) is 0. The Bertz CT molecular complexity index is 645. The molecule has 0 bridgehead atoms. The number of hydrogen-bond acceptors (Lipinski definition) is 4. The van der Waals surface area contributed by atoms with Gasteiger partial charge in [-0.05, 0) is 47.1 Å². The van der Waals surface area contributed by atoms with Crippen LogP contribution in [0.15, 0.2) is 32.3 Å². The molecule has 0 amide bonds. The summed E-state index contributed by atoms with van der Waals surface area (Å²) in [7, 11) is -1.75. The van der Waals surface area contributed by atoms with Crippen LogP contribution in [-0.4, -0.2) is 19.8 Å². The van der Waals surface area contributed by atoms with Gasteiger partial charge in [0.1, 0.15) is 4.21 Å². The summed E-state index contributed by atoms with van der Waals surface area (Å²) in [4.78, 5) is 2.02. The van der Waals surface area contributed by atoms with E-state index in [2.05, 4.69) is 15.9 Å². The van der Waals surface area contributed by atoms with Crippen molar-refractivity contribution in [1.82, 2.24) is 4.31 Å². The van der Waals surface area contributed by atoms with Crippen molar-refractivity contribution in [1.29, 1.82) is 0 Å². The Kier molecular flexibility index (Phi) is 4.28. The fraction of sp³-hybridized carbons (Fsp3) is 0.273. The quantitative estimate of drug-likeness (QED) is 0.828.